The van der Waals surface area contributed by atoms with E-state index in [-0.39, 0.29) is 23.8 Å². The monoisotopic (exact) mass is 417 g/mol. The van der Waals surface area contributed by atoms with Crippen molar-refractivity contribution in [2.45, 2.75) is 25.5 Å². The van der Waals surface area contributed by atoms with Gasteiger partial charge in [0, 0.05) is 6.54 Å². The maximum Gasteiger partial charge on any atom is 0.340 e. The lowest BCUT2D eigenvalue weighted by molar-refractivity contribution is -0.113. The molecular formula is C19H19N3O4S2. The van der Waals surface area contributed by atoms with Gasteiger partial charge in [-0.15, -0.1) is 11.3 Å². The highest BCUT2D eigenvalue weighted by molar-refractivity contribution is 7.99. The van der Waals surface area contributed by atoms with Gasteiger partial charge in [-0.25, -0.2) is 9.78 Å². The molecule has 0 spiro atoms. The summed E-state index contributed by atoms with van der Waals surface area (Å²) in [5.41, 5.74) is 1.22. The average molecular weight is 418 g/mol. The number of ether oxygens (including phenoxy) is 1. The van der Waals surface area contributed by atoms with Gasteiger partial charge in [-0.1, -0.05) is 23.9 Å². The second kappa shape index (κ2) is 9.03. The number of carbonyl (C=O) groups excluding carboxylic acids is 2. The predicted molar refractivity (Wildman–Crippen MR) is 111 cm³/mol. The number of benzene rings is 1. The van der Waals surface area contributed by atoms with Gasteiger partial charge in [0.25, 0.3) is 5.56 Å². The molecule has 0 atom stereocenters. The summed E-state index contributed by atoms with van der Waals surface area (Å²) < 4.78 is 7.18. The fraction of sp³-hybridized carbons (Fsp3) is 0.263. The standard InChI is InChI=1S/C19H19N3O4S2/c1-3-22-17(24)16-14(9-10-27-16)21-19(22)28-11-15(23)20-13-8-6-5-7-12(13)18(25)26-4-2/h5-10H,3-4,11H2,1-2H3,(H,20,23). The van der Waals surface area contributed by atoms with Crippen LogP contribution in [0.15, 0.2) is 45.7 Å². The first-order chi connectivity index (χ1) is 13.5. The molecule has 9 heteroatoms. The third-order valence-electron chi connectivity index (χ3n) is 3.88. The van der Waals surface area contributed by atoms with Crippen LogP contribution in [0.4, 0.5) is 5.69 Å². The molecule has 0 fully saturated rings. The van der Waals surface area contributed by atoms with Crippen LogP contribution in [0.3, 0.4) is 0 Å². The van der Waals surface area contributed by atoms with E-state index in [2.05, 4.69) is 10.3 Å². The van der Waals surface area contributed by atoms with Crippen molar-refractivity contribution < 1.29 is 14.3 Å². The molecule has 28 heavy (non-hydrogen) atoms. The summed E-state index contributed by atoms with van der Waals surface area (Å²) in [6.45, 7) is 4.31. The average Bonchev–Trinajstić information content (AvgIpc) is 3.16. The Morgan fingerprint density at radius 1 is 1.25 bits per heavy atom. The SMILES string of the molecule is CCOC(=O)c1ccccc1NC(=O)CSc1nc2ccsc2c(=O)n1CC. The Balaban J connectivity index is 1.75. The van der Waals surface area contributed by atoms with E-state index in [9.17, 15) is 14.4 Å². The van der Waals surface area contributed by atoms with E-state index in [1.807, 2.05) is 12.3 Å². The van der Waals surface area contributed by atoms with Crippen molar-refractivity contribution in [2.75, 3.05) is 17.7 Å². The van der Waals surface area contributed by atoms with Gasteiger partial charge < -0.3 is 10.1 Å². The number of carbonyl (C=O) groups is 2. The number of fused-ring (bicyclic) bond motifs is 1. The third kappa shape index (κ3) is 4.26. The molecule has 1 aromatic carbocycles. The number of amides is 1. The molecule has 3 aromatic rings. The van der Waals surface area contributed by atoms with Crippen molar-refractivity contribution in [2.24, 2.45) is 0 Å². The number of para-hydroxylation sites is 1. The molecule has 1 N–H and O–H groups in total. The number of esters is 1. The van der Waals surface area contributed by atoms with Crippen molar-refractivity contribution in [1.29, 1.82) is 0 Å². The zero-order chi connectivity index (χ0) is 20.1. The van der Waals surface area contributed by atoms with Crippen LogP contribution in [0.2, 0.25) is 0 Å². The molecule has 0 aliphatic carbocycles. The zero-order valence-corrected chi connectivity index (χ0v) is 17.1. The first kappa shape index (κ1) is 20.1. The number of aromatic nitrogens is 2. The van der Waals surface area contributed by atoms with E-state index in [0.29, 0.717) is 33.2 Å². The number of nitrogens with zero attached hydrogens (tertiary/aromatic N) is 2. The molecule has 0 aliphatic heterocycles. The molecule has 0 saturated heterocycles. The lowest BCUT2D eigenvalue weighted by atomic mass is 10.2. The molecule has 0 unspecified atom stereocenters. The molecule has 3 rings (SSSR count). The number of thioether (sulfide) groups is 1. The smallest absolute Gasteiger partial charge is 0.340 e. The largest absolute Gasteiger partial charge is 0.462 e. The van der Waals surface area contributed by atoms with E-state index in [1.54, 1.807) is 41.8 Å². The van der Waals surface area contributed by atoms with Crippen LogP contribution < -0.4 is 10.9 Å². The minimum absolute atomic E-state index is 0.0548. The van der Waals surface area contributed by atoms with Crippen molar-refractivity contribution in [3.05, 3.63) is 51.6 Å². The second-order valence-corrected chi connectivity index (χ2v) is 7.54. The topological polar surface area (TPSA) is 90.3 Å². The van der Waals surface area contributed by atoms with E-state index in [4.69, 9.17) is 4.74 Å². The van der Waals surface area contributed by atoms with Gasteiger partial charge >= 0.3 is 5.97 Å². The molecule has 0 radical (unpaired) electrons. The maximum atomic E-state index is 12.5. The van der Waals surface area contributed by atoms with Crippen LogP contribution in [0.5, 0.6) is 0 Å². The number of anilines is 1. The highest BCUT2D eigenvalue weighted by Crippen LogP contribution is 2.22. The van der Waals surface area contributed by atoms with Gasteiger partial charge in [0.15, 0.2) is 5.16 Å². The fourth-order valence-corrected chi connectivity index (χ4v) is 4.25. The Hall–Kier alpha value is -2.65. The lowest BCUT2D eigenvalue weighted by Crippen LogP contribution is -2.23. The minimum atomic E-state index is -0.490. The molecule has 1 amide bonds. The van der Waals surface area contributed by atoms with Crippen LogP contribution in [0.25, 0.3) is 10.2 Å². The lowest BCUT2D eigenvalue weighted by Gasteiger charge is -2.11. The Morgan fingerprint density at radius 3 is 2.79 bits per heavy atom. The summed E-state index contributed by atoms with van der Waals surface area (Å²) in [4.78, 5) is 41.5. The Kier molecular flexibility index (Phi) is 6.48. The third-order valence-corrected chi connectivity index (χ3v) is 5.74. The van der Waals surface area contributed by atoms with Gasteiger partial charge in [0.2, 0.25) is 5.91 Å². The number of nitrogens with one attached hydrogen (secondary N) is 1. The van der Waals surface area contributed by atoms with Crippen LogP contribution in [0.1, 0.15) is 24.2 Å². The quantitative estimate of drug-likeness (QED) is 0.360. The van der Waals surface area contributed by atoms with Gasteiger partial charge in [-0.05, 0) is 37.4 Å². The zero-order valence-electron chi connectivity index (χ0n) is 15.4. The van der Waals surface area contributed by atoms with Crippen molar-refractivity contribution in [1.82, 2.24) is 9.55 Å². The highest BCUT2D eigenvalue weighted by atomic mass is 32.2. The molecule has 146 valence electrons. The van der Waals surface area contributed by atoms with E-state index in [0.717, 1.165) is 0 Å². The highest BCUT2D eigenvalue weighted by Gasteiger charge is 2.16. The summed E-state index contributed by atoms with van der Waals surface area (Å²) in [7, 11) is 0. The van der Waals surface area contributed by atoms with Gasteiger partial charge in [-0.3, -0.25) is 14.2 Å². The number of hydrogen-bond donors (Lipinski definition) is 1. The Bertz CT molecular complexity index is 1070. The number of rotatable bonds is 7. The second-order valence-electron chi connectivity index (χ2n) is 5.68. The van der Waals surface area contributed by atoms with Gasteiger partial charge in [0.1, 0.15) is 4.70 Å². The first-order valence-electron chi connectivity index (χ1n) is 8.72. The molecule has 0 saturated carbocycles. The number of hydrogen-bond acceptors (Lipinski definition) is 7. The summed E-state index contributed by atoms with van der Waals surface area (Å²) in [5, 5.41) is 5.05. The van der Waals surface area contributed by atoms with Crippen LogP contribution >= 0.6 is 23.1 Å². The van der Waals surface area contributed by atoms with Crippen molar-refractivity contribution in [3.63, 3.8) is 0 Å². The normalized spacial score (nSPS) is 10.8. The van der Waals surface area contributed by atoms with Crippen molar-refractivity contribution in [3.8, 4) is 0 Å². The molecular weight excluding hydrogens is 398 g/mol. The molecule has 0 bridgehead atoms. The summed E-state index contributed by atoms with van der Waals surface area (Å²) in [6, 6.07) is 8.47. The fourth-order valence-electron chi connectivity index (χ4n) is 2.61. The molecule has 2 heterocycles. The number of thiophene rings is 1. The van der Waals surface area contributed by atoms with Crippen LogP contribution in [-0.4, -0.2) is 33.8 Å². The minimum Gasteiger partial charge on any atom is -0.462 e. The van der Waals surface area contributed by atoms with E-state index >= 15 is 0 Å². The summed E-state index contributed by atoms with van der Waals surface area (Å²) in [5.74, 6) is -0.737. The predicted octanol–water partition coefficient (Wildman–Crippen LogP) is 3.39. The van der Waals surface area contributed by atoms with Gasteiger partial charge in [-0.2, -0.15) is 0 Å². The molecule has 7 nitrogen and oxygen atoms in total. The van der Waals surface area contributed by atoms with E-state index < -0.39 is 5.97 Å². The molecule has 0 aliphatic rings. The summed E-state index contributed by atoms with van der Waals surface area (Å²) in [6.07, 6.45) is 0. The van der Waals surface area contributed by atoms with Gasteiger partial charge in [0.05, 0.1) is 29.1 Å². The molecule has 2 aromatic heterocycles. The van der Waals surface area contributed by atoms with Crippen molar-refractivity contribution >= 4 is 50.9 Å². The Labute approximate surface area is 169 Å². The van der Waals surface area contributed by atoms with Crippen LogP contribution in [-0.2, 0) is 16.1 Å². The first-order valence-corrected chi connectivity index (χ1v) is 10.6. The maximum absolute atomic E-state index is 12.5. The van der Waals surface area contributed by atoms with Crippen LogP contribution in [0, 0.1) is 0 Å². The Morgan fingerprint density at radius 2 is 2.04 bits per heavy atom. The van der Waals surface area contributed by atoms with E-state index in [1.165, 1.54) is 23.1 Å². The summed E-state index contributed by atoms with van der Waals surface area (Å²) >= 11 is 2.54.